The number of piperazine rings is 1. The number of thioether (sulfide) groups is 1. The second-order valence-corrected chi connectivity index (χ2v) is 21.8. The van der Waals surface area contributed by atoms with Crippen LogP contribution in [0.25, 0.3) is 5.57 Å². The van der Waals surface area contributed by atoms with Crippen LogP contribution < -0.4 is 14.9 Å². The van der Waals surface area contributed by atoms with Crippen LogP contribution in [0.5, 0.6) is 0 Å². The van der Waals surface area contributed by atoms with Gasteiger partial charge in [0.2, 0.25) is 0 Å². The number of hydrogen-bond acceptors (Lipinski definition) is 12. The minimum absolute atomic E-state index is 0.0108. The Labute approximate surface area is 387 Å². The van der Waals surface area contributed by atoms with Crippen LogP contribution in [-0.4, -0.2) is 128 Å². The maximum absolute atomic E-state index is 14.2. The molecule has 0 aromatic heterocycles. The highest BCUT2D eigenvalue weighted by Gasteiger charge is 2.48. The fourth-order valence-electron chi connectivity index (χ4n) is 8.76. The van der Waals surface area contributed by atoms with E-state index < -0.39 is 52.8 Å². The number of nitrogens with one attached hydrogen (secondary N) is 2. The van der Waals surface area contributed by atoms with Crippen molar-refractivity contribution in [1.29, 1.82) is 0 Å². The summed E-state index contributed by atoms with van der Waals surface area (Å²) >= 11 is 7.58. The summed E-state index contributed by atoms with van der Waals surface area (Å²) in [6.07, 6.45) is 3.48. The van der Waals surface area contributed by atoms with Gasteiger partial charge in [0.1, 0.15) is 4.90 Å². The van der Waals surface area contributed by atoms with Crippen molar-refractivity contribution in [3.63, 3.8) is 0 Å². The van der Waals surface area contributed by atoms with Gasteiger partial charge >= 0.3 is 5.51 Å². The first-order valence-corrected chi connectivity index (χ1v) is 25.9. The van der Waals surface area contributed by atoms with Crippen LogP contribution in [0.15, 0.2) is 117 Å². The smallest absolute Gasteiger partial charge is 0.380 e. The Hall–Kier alpha value is -4.14. The first kappa shape index (κ1) is 47.4. The van der Waals surface area contributed by atoms with Gasteiger partial charge in [0.05, 0.1) is 36.0 Å². The Kier molecular flexibility index (Phi) is 14.9. The summed E-state index contributed by atoms with van der Waals surface area (Å²) in [4.78, 5) is 19.0. The topological polar surface area (TPSA) is 138 Å². The maximum Gasteiger partial charge on any atom is 0.501 e. The fourth-order valence-corrected chi connectivity index (χ4v) is 11.9. The number of alkyl halides is 3. The molecule has 4 aromatic rings. The van der Waals surface area contributed by atoms with Gasteiger partial charge in [-0.2, -0.15) is 13.2 Å². The van der Waals surface area contributed by atoms with Crippen LogP contribution in [0.1, 0.15) is 41.6 Å². The largest absolute Gasteiger partial charge is 0.501 e. The van der Waals surface area contributed by atoms with Crippen molar-refractivity contribution >= 4 is 66.1 Å². The normalized spacial score (nSPS) is 20.5. The van der Waals surface area contributed by atoms with Gasteiger partial charge in [-0.15, -0.1) is 11.8 Å². The zero-order valence-corrected chi connectivity index (χ0v) is 38.7. The van der Waals surface area contributed by atoms with Crippen molar-refractivity contribution < 1.29 is 44.3 Å². The SMILES string of the molecule is O=C(NS(=O)(=O)c1ccc(N[C@H](CCN2CC3CCC(C2)O3)CSc2ccccc2)c(S(=O)(=O)C(F)(F)F)c1)c1ccc(N2CCN(CC3=C(c4ccc(Cl)cc4)CCOC3)CC2)cc1. The van der Waals surface area contributed by atoms with Crippen LogP contribution in [0, 0.1) is 0 Å². The molecule has 4 aliphatic rings. The quantitative estimate of drug-likeness (QED) is 0.107. The van der Waals surface area contributed by atoms with Gasteiger partial charge in [0, 0.05) is 85.3 Å². The van der Waals surface area contributed by atoms with E-state index in [1.165, 1.54) is 35.0 Å². The lowest BCUT2D eigenvalue weighted by Gasteiger charge is -2.37. The van der Waals surface area contributed by atoms with Crippen LogP contribution in [0.3, 0.4) is 0 Å². The monoisotopic (exact) mass is 973 g/mol. The fraction of sp³-hybridized carbons (Fsp3) is 0.413. The van der Waals surface area contributed by atoms with Gasteiger partial charge in [-0.25, -0.2) is 21.6 Å². The van der Waals surface area contributed by atoms with Crippen molar-refractivity contribution in [3.8, 4) is 0 Å². The van der Waals surface area contributed by atoms with Gasteiger partial charge in [-0.05, 0) is 109 Å². The summed E-state index contributed by atoms with van der Waals surface area (Å²) < 4.78 is 110. The molecule has 0 saturated carbocycles. The predicted molar refractivity (Wildman–Crippen MR) is 247 cm³/mol. The molecule has 3 atom stereocenters. The lowest BCUT2D eigenvalue weighted by molar-refractivity contribution is -0.0436. The van der Waals surface area contributed by atoms with Crippen LogP contribution in [-0.2, 0) is 29.3 Å². The number of anilines is 2. The Morgan fingerprint density at radius 1 is 0.862 bits per heavy atom. The minimum atomic E-state index is -6.06. The lowest BCUT2D eigenvalue weighted by atomic mass is 9.95. The Morgan fingerprint density at radius 3 is 2.23 bits per heavy atom. The molecule has 1 amide bonds. The first-order valence-electron chi connectivity index (χ1n) is 21.6. The van der Waals surface area contributed by atoms with E-state index in [1.807, 2.05) is 59.3 Å². The van der Waals surface area contributed by atoms with Crippen molar-refractivity contribution in [2.45, 2.75) is 64.1 Å². The zero-order valence-electron chi connectivity index (χ0n) is 35.5. The molecule has 0 spiro atoms. The highest BCUT2D eigenvalue weighted by Crippen LogP contribution is 2.37. The molecule has 4 aromatic carbocycles. The molecule has 2 N–H and O–H groups in total. The van der Waals surface area contributed by atoms with Gasteiger partial charge in [-0.1, -0.05) is 41.9 Å². The highest BCUT2D eigenvalue weighted by atomic mass is 35.5. The van der Waals surface area contributed by atoms with Crippen LogP contribution in [0.2, 0.25) is 5.02 Å². The number of sulfonamides is 1. The van der Waals surface area contributed by atoms with Crippen molar-refractivity contribution in [2.24, 2.45) is 0 Å². The summed E-state index contributed by atoms with van der Waals surface area (Å²) in [6.45, 7) is 7.02. The van der Waals surface area contributed by atoms with E-state index in [4.69, 9.17) is 21.1 Å². The minimum Gasteiger partial charge on any atom is -0.380 e. The molecule has 65 heavy (non-hydrogen) atoms. The molecule has 3 fully saturated rings. The van der Waals surface area contributed by atoms with E-state index in [9.17, 15) is 34.8 Å². The van der Waals surface area contributed by atoms with E-state index in [2.05, 4.69) is 20.0 Å². The number of nitrogens with zero attached hydrogens (tertiary/aromatic N) is 3. The van der Waals surface area contributed by atoms with E-state index in [0.29, 0.717) is 56.1 Å². The molecule has 8 rings (SSSR count). The molecule has 0 radical (unpaired) electrons. The number of halogens is 4. The average molecular weight is 975 g/mol. The number of amides is 1. The van der Waals surface area contributed by atoms with Crippen molar-refractivity contribution in [1.82, 2.24) is 14.5 Å². The average Bonchev–Trinajstić information content (AvgIpc) is 3.64. The first-order chi connectivity index (χ1) is 31.1. The van der Waals surface area contributed by atoms with Gasteiger partial charge in [0.25, 0.3) is 25.8 Å². The third kappa shape index (κ3) is 11.7. The number of sulfone groups is 1. The summed E-state index contributed by atoms with van der Waals surface area (Å²) in [5.41, 5.74) is -1.65. The molecular formula is C46H51ClF3N5O7S3. The molecule has 0 aliphatic carbocycles. The third-order valence-electron chi connectivity index (χ3n) is 12.2. The molecule has 2 unspecified atom stereocenters. The Morgan fingerprint density at radius 2 is 1.55 bits per heavy atom. The van der Waals surface area contributed by atoms with E-state index in [-0.39, 0.29) is 17.8 Å². The van der Waals surface area contributed by atoms with Gasteiger partial charge < -0.3 is 19.7 Å². The maximum atomic E-state index is 14.2. The predicted octanol–water partition coefficient (Wildman–Crippen LogP) is 7.57. The number of hydrogen-bond donors (Lipinski definition) is 2. The summed E-state index contributed by atoms with van der Waals surface area (Å²) in [5.74, 6) is -0.656. The molecule has 3 saturated heterocycles. The van der Waals surface area contributed by atoms with Crippen LogP contribution in [0.4, 0.5) is 24.5 Å². The Balaban J connectivity index is 0.930. The van der Waals surface area contributed by atoms with Crippen molar-refractivity contribution in [3.05, 3.63) is 119 Å². The molecular weight excluding hydrogens is 923 g/mol. The molecule has 4 aliphatic heterocycles. The number of fused-ring (bicyclic) bond motifs is 2. The highest BCUT2D eigenvalue weighted by molar-refractivity contribution is 7.99. The Bertz CT molecular complexity index is 2550. The van der Waals surface area contributed by atoms with E-state index in [1.54, 1.807) is 12.1 Å². The van der Waals surface area contributed by atoms with E-state index in [0.717, 1.165) is 80.3 Å². The third-order valence-corrected chi connectivity index (χ3v) is 16.5. The second-order valence-electron chi connectivity index (χ2n) is 16.7. The number of carbonyl (C=O) groups excluding carboxylic acids is 1. The molecule has 12 nitrogen and oxygen atoms in total. The van der Waals surface area contributed by atoms with Gasteiger partial charge in [-0.3, -0.25) is 14.6 Å². The van der Waals surface area contributed by atoms with Crippen molar-refractivity contribution in [2.75, 3.05) is 81.5 Å². The molecule has 4 heterocycles. The number of ether oxygens (including phenoxy) is 2. The molecule has 348 valence electrons. The second kappa shape index (κ2) is 20.4. The summed E-state index contributed by atoms with van der Waals surface area (Å²) in [5, 5.41) is 3.71. The number of rotatable bonds is 16. The summed E-state index contributed by atoms with van der Waals surface area (Å²) in [6, 6.07) is 25.6. The number of carbonyl (C=O) groups is 1. The molecule has 19 heteroatoms. The van der Waals surface area contributed by atoms with E-state index >= 15 is 0 Å². The zero-order chi connectivity index (χ0) is 45.8. The number of likely N-dealkylation sites (tertiary alicyclic amines) is 1. The number of morpholine rings is 1. The van der Waals surface area contributed by atoms with Crippen LogP contribution >= 0.6 is 23.4 Å². The van der Waals surface area contributed by atoms with Gasteiger partial charge in [0.15, 0.2) is 0 Å². The standard InChI is InChI=1S/C46H51ClF3N5O7S3/c47-35-10-6-32(7-11-35)42-19-25-61-30-34(42)27-53-21-23-55(24-22-53)37-12-8-33(9-13-37)45(56)52-65(59,60)41-16-17-43(44(26-41)64(57,58)46(48,49)50)51-36(31-63-40-4-2-1-3-5-40)18-20-54-28-38-14-15-39(29-54)62-38/h1-13,16-17,26,36,38-39,51H,14-15,18-25,27-31H2,(H,52,56)/t36-,38?,39?/m1/s1. The summed E-state index contributed by atoms with van der Waals surface area (Å²) in [7, 11) is -10.9. The molecule has 2 bridgehead atoms. The number of benzene rings is 4. The lowest BCUT2D eigenvalue weighted by Crippen LogP contribution is -2.47.